The molecule has 5 nitrogen and oxygen atoms in total. The van der Waals surface area contributed by atoms with Crippen LogP contribution in [0.1, 0.15) is 122 Å². The standard InChI is InChI=1S/C48H58N4O/c1-10-15-34-22-23-49-45(26-34)51-42-19-14-13-18-39(42)40-21-20-37(30-44(40)51)53-38-28-35(48(7,8)9)27-36(29-38)52-43(17-12-3)47(41(50-52)16-11-2)46-32(5)24-31(4)25-33(46)6/h13-14,18-24,26-31,33,46H,10-12,15-17,25H2,1-9H3/t31-,33-,46?/m0/s1. The third-order valence-electron chi connectivity index (χ3n) is 11.2. The van der Waals surface area contributed by atoms with E-state index in [0.29, 0.717) is 17.8 Å². The quantitative estimate of drug-likeness (QED) is 0.126. The minimum atomic E-state index is -0.0832. The number of aryl methyl sites for hydroxylation is 2. The van der Waals surface area contributed by atoms with Crippen molar-refractivity contribution in [3.05, 3.63) is 119 Å². The van der Waals surface area contributed by atoms with E-state index in [-0.39, 0.29) is 5.41 Å². The molecule has 0 radical (unpaired) electrons. The van der Waals surface area contributed by atoms with Gasteiger partial charge in [0.05, 0.1) is 22.4 Å². The molecule has 5 heteroatoms. The van der Waals surface area contributed by atoms with Gasteiger partial charge in [-0.3, -0.25) is 4.57 Å². The summed E-state index contributed by atoms with van der Waals surface area (Å²) >= 11 is 0. The average Bonchev–Trinajstić information content (AvgIpc) is 3.63. The van der Waals surface area contributed by atoms with Crippen LogP contribution in [0.25, 0.3) is 33.3 Å². The van der Waals surface area contributed by atoms with Gasteiger partial charge in [-0.2, -0.15) is 5.10 Å². The summed E-state index contributed by atoms with van der Waals surface area (Å²) in [5.74, 6) is 4.16. The Morgan fingerprint density at radius 1 is 0.792 bits per heavy atom. The zero-order valence-corrected chi connectivity index (χ0v) is 33.5. The number of nitrogens with zero attached hydrogens (tertiary/aromatic N) is 4. The number of aromatic nitrogens is 4. The molecule has 3 heterocycles. The Hall–Kier alpha value is -4.64. The first kappa shape index (κ1) is 36.7. The van der Waals surface area contributed by atoms with Crippen LogP contribution in [0, 0.1) is 11.8 Å². The zero-order valence-electron chi connectivity index (χ0n) is 33.5. The first-order chi connectivity index (χ1) is 25.5. The van der Waals surface area contributed by atoms with E-state index in [0.717, 1.165) is 72.6 Å². The highest BCUT2D eigenvalue weighted by Gasteiger charge is 2.33. The van der Waals surface area contributed by atoms with Crippen molar-refractivity contribution in [2.24, 2.45) is 11.8 Å². The normalized spacial score (nSPS) is 17.8. The van der Waals surface area contributed by atoms with Gasteiger partial charge in [0.2, 0.25) is 0 Å². The van der Waals surface area contributed by atoms with E-state index in [9.17, 15) is 0 Å². The predicted molar refractivity (Wildman–Crippen MR) is 222 cm³/mol. The first-order valence-corrected chi connectivity index (χ1v) is 20.1. The Bertz CT molecular complexity index is 2280. The Balaban J connectivity index is 1.37. The molecule has 7 rings (SSSR count). The van der Waals surface area contributed by atoms with Gasteiger partial charge in [0.25, 0.3) is 0 Å². The smallest absolute Gasteiger partial charge is 0.137 e. The minimum absolute atomic E-state index is 0.0832. The van der Waals surface area contributed by atoms with Crippen LogP contribution in [0.3, 0.4) is 0 Å². The lowest BCUT2D eigenvalue weighted by Crippen LogP contribution is -2.21. The van der Waals surface area contributed by atoms with Gasteiger partial charge in [-0.1, -0.05) is 105 Å². The highest BCUT2D eigenvalue weighted by molar-refractivity contribution is 6.09. The van der Waals surface area contributed by atoms with Crippen LogP contribution in [0.15, 0.2) is 90.6 Å². The monoisotopic (exact) mass is 706 g/mol. The number of allylic oxidation sites excluding steroid dienone is 2. The number of ether oxygens (including phenoxy) is 1. The molecule has 0 amide bonds. The van der Waals surface area contributed by atoms with E-state index in [1.165, 1.54) is 50.8 Å². The van der Waals surface area contributed by atoms with Crippen molar-refractivity contribution in [3.63, 3.8) is 0 Å². The molecule has 276 valence electrons. The largest absolute Gasteiger partial charge is 0.457 e. The number of hydrogen-bond donors (Lipinski definition) is 0. The van der Waals surface area contributed by atoms with Crippen LogP contribution >= 0.6 is 0 Å². The van der Waals surface area contributed by atoms with E-state index >= 15 is 0 Å². The van der Waals surface area contributed by atoms with Crippen LogP contribution in [0.4, 0.5) is 0 Å². The molecule has 53 heavy (non-hydrogen) atoms. The molecular weight excluding hydrogens is 649 g/mol. The van der Waals surface area contributed by atoms with E-state index in [1.807, 2.05) is 6.20 Å². The maximum absolute atomic E-state index is 6.90. The number of pyridine rings is 1. The van der Waals surface area contributed by atoms with Gasteiger partial charge in [-0.15, -0.1) is 0 Å². The second kappa shape index (κ2) is 15.0. The molecule has 1 unspecified atom stereocenters. The number of fused-ring (bicyclic) bond motifs is 3. The molecule has 0 saturated heterocycles. The lowest BCUT2D eigenvalue weighted by atomic mass is 9.72. The second-order valence-electron chi connectivity index (χ2n) is 16.7. The van der Waals surface area contributed by atoms with Crippen molar-refractivity contribution in [2.75, 3.05) is 0 Å². The van der Waals surface area contributed by atoms with Gasteiger partial charge in [0.15, 0.2) is 0 Å². The zero-order chi connectivity index (χ0) is 37.4. The van der Waals surface area contributed by atoms with Crippen LogP contribution in [0.2, 0.25) is 0 Å². The molecule has 0 aliphatic heterocycles. The molecule has 0 fully saturated rings. The summed E-state index contributed by atoms with van der Waals surface area (Å²) in [4.78, 5) is 4.86. The lowest BCUT2D eigenvalue weighted by molar-refractivity contribution is 0.389. The van der Waals surface area contributed by atoms with Gasteiger partial charge in [0, 0.05) is 46.3 Å². The third-order valence-corrected chi connectivity index (χ3v) is 11.2. The Kier molecular flexibility index (Phi) is 10.4. The number of para-hydroxylation sites is 1. The maximum atomic E-state index is 6.90. The molecule has 0 bridgehead atoms. The highest BCUT2D eigenvalue weighted by Crippen LogP contribution is 2.44. The summed E-state index contributed by atoms with van der Waals surface area (Å²) in [6.45, 7) is 20.8. The highest BCUT2D eigenvalue weighted by atomic mass is 16.5. The molecule has 0 saturated carbocycles. The lowest BCUT2D eigenvalue weighted by Gasteiger charge is -2.33. The first-order valence-electron chi connectivity index (χ1n) is 20.1. The summed E-state index contributed by atoms with van der Waals surface area (Å²) < 4.78 is 11.5. The third kappa shape index (κ3) is 7.20. The van der Waals surface area contributed by atoms with E-state index in [4.69, 9.17) is 14.8 Å². The van der Waals surface area contributed by atoms with Crippen molar-refractivity contribution >= 4 is 21.8 Å². The fourth-order valence-corrected chi connectivity index (χ4v) is 8.91. The van der Waals surface area contributed by atoms with Crippen molar-refractivity contribution in [3.8, 4) is 23.0 Å². The SMILES string of the molecule is CCCc1ccnc(-n2c3ccccc3c3ccc(Oc4cc(-n5nc(CCC)c(C6C(C)=C[C@H](C)C[C@@H]6C)c5CCC)cc(C(C)(C)C)c4)cc32)c1. The van der Waals surface area contributed by atoms with Gasteiger partial charge in [-0.25, -0.2) is 9.67 Å². The van der Waals surface area contributed by atoms with Crippen LogP contribution in [-0.2, 0) is 24.7 Å². The van der Waals surface area contributed by atoms with Crippen molar-refractivity contribution in [2.45, 2.75) is 119 Å². The Labute approximate surface area is 317 Å². The topological polar surface area (TPSA) is 44.9 Å². The minimum Gasteiger partial charge on any atom is -0.457 e. The summed E-state index contributed by atoms with van der Waals surface area (Å²) in [7, 11) is 0. The number of benzene rings is 3. The van der Waals surface area contributed by atoms with E-state index in [1.54, 1.807) is 0 Å². The molecule has 1 aliphatic rings. The number of rotatable bonds is 11. The molecule has 3 aromatic heterocycles. The number of hydrogen-bond acceptors (Lipinski definition) is 3. The maximum Gasteiger partial charge on any atom is 0.137 e. The summed E-state index contributed by atoms with van der Waals surface area (Å²) in [5, 5.41) is 7.87. The Morgan fingerprint density at radius 3 is 2.28 bits per heavy atom. The average molecular weight is 707 g/mol. The molecule has 0 N–H and O–H groups in total. The van der Waals surface area contributed by atoms with Gasteiger partial charge >= 0.3 is 0 Å². The van der Waals surface area contributed by atoms with E-state index < -0.39 is 0 Å². The van der Waals surface area contributed by atoms with E-state index in [2.05, 4.69) is 150 Å². The van der Waals surface area contributed by atoms with Crippen molar-refractivity contribution in [1.82, 2.24) is 19.3 Å². The summed E-state index contributed by atoms with van der Waals surface area (Å²) in [6, 6.07) is 26.2. The molecular formula is C48H58N4O. The summed E-state index contributed by atoms with van der Waals surface area (Å²) in [6.07, 6.45) is 11.9. The predicted octanol–water partition coefficient (Wildman–Crippen LogP) is 13.0. The van der Waals surface area contributed by atoms with Crippen molar-refractivity contribution in [1.29, 1.82) is 0 Å². The summed E-state index contributed by atoms with van der Waals surface area (Å²) in [5.41, 5.74) is 11.3. The van der Waals surface area contributed by atoms with Gasteiger partial charge in [0.1, 0.15) is 17.3 Å². The van der Waals surface area contributed by atoms with Crippen molar-refractivity contribution < 1.29 is 4.74 Å². The molecule has 3 atom stereocenters. The Morgan fingerprint density at radius 2 is 1.55 bits per heavy atom. The molecule has 3 aromatic carbocycles. The molecule has 1 aliphatic carbocycles. The fourth-order valence-electron chi connectivity index (χ4n) is 8.91. The second-order valence-corrected chi connectivity index (χ2v) is 16.7. The van der Waals surface area contributed by atoms with Crippen LogP contribution in [-0.4, -0.2) is 19.3 Å². The molecule has 0 spiro atoms. The van der Waals surface area contributed by atoms with Crippen LogP contribution < -0.4 is 4.74 Å². The van der Waals surface area contributed by atoms with Gasteiger partial charge in [-0.05, 0) is 103 Å². The molecule has 6 aromatic rings. The van der Waals surface area contributed by atoms with Gasteiger partial charge < -0.3 is 4.74 Å². The fraction of sp³-hybridized carbons (Fsp3) is 0.417. The van der Waals surface area contributed by atoms with Crippen LogP contribution in [0.5, 0.6) is 11.5 Å².